The van der Waals surface area contributed by atoms with Crippen LogP contribution >= 0.6 is 0 Å². The van der Waals surface area contributed by atoms with E-state index in [0.29, 0.717) is 11.5 Å². The number of allylic oxidation sites excluding steroid dienone is 1. The number of hydrogen-bond acceptors (Lipinski definition) is 0. The molecule has 2 aromatic rings. The van der Waals surface area contributed by atoms with Crippen LogP contribution in [0, 0.1) is 35.4 Å². The third-order valence-electron chi connectivity index (χ3n) is 7.52. The second kappa shape index (κ2) is 10.2. The van der Waals surface area contributed by atoms with Gasteiger partial charge in [-0.1, -0.05) is 30.4 Å². The first-order valence-electron chi connectivity index (χ1n) is 11.9. The predicted octanol–water partition coefficient (Wildman–Crippen LogP) is 8.51. The van der Waals surface area contributed by atoms with Crippen LogP contribution in [0.3, 0.4) is 0 Å². The van der Waals surface area contributed by atoms with Gasteiger partial charge in [0.1, 0.15) is 5.82 Å². The van der Waals surface area contributed by atoms with Gasteiger partial charge in [-0.15, -0.1) is 6.58 Å². The summed E-state index contributed by atoms with van der Waals surface area (Å²) in [6.45, 7) is 3.85. The molecule has 0 aliphatic heterocycles. The van der Waals surface area contributed by atoms with Gasteiger partial charge in [0, 0.05) is 5.56 Å². The summed E-state index contributed by atoms with van der Waals surface area (Å²) in [7, 11) is 0. The van der Waals surface area contributed by atoms with E-state index in [-0.39, 0.29) is 11.4 Å². The highest BCUT2D eigenvalue weighted by atomic mass is 19.4. The lowest BCUT2D eigenvalue weighted by atomic mass is 9.63. The summed E-state index contributed by atoms with van der Waals surface area (Å²) in [6, 6.07) is 9.90. The standard InChI is InChI=1S/C29H30F4/c1-2-3-4-21-6-10-24-18-25(14-13-23(24)17-21)26-12-11-22(28(30)19-26)9-5-20-7-15-27(16-8-20)29(31,32)33/h2,7-8,11-12,15-16,19,21,23-25H,1,3-4,6,10,13-14,17-18H2. The van der Waals surface area contributed by atoms with Gasteiger partial charge in [-0.3, -0.25) is 0 Å². The first-order chi connectivity index (χ1) is 15.8. The molecule has 0 nitrogen and oxygen atoms in total. The average molecular weight is 455 g/mol. The Hall–Kier alpha value is -2.54. The topological polar surface area (TPSA) is 0 Å². The van der Waals surface area contributed by atoms with Gasteiger partial charge >= 0.3 is 6.18 Å². The second-order valence-electron chi connectivity index (χ2n) is 9.64. The lowest BCUT2D eigenvalue weighted by Gasteiger charge is -2.42. The van der Waals surface area contributed by atoms with E-state index in [1.165, 1.54) is 44.2 Å². The van der Waals surface area contributed by atoms with E-state index in [9.17, 15) is 17.6 Å². The third-order valence-corrected chi connectivity index (χ3v) is 7.52. The van der Waals surface area contributed by atoms with Gasteiger partial charge < -0.3 is 0 Å². The molecule has 33 heavy (non-hydrogen) atoms. The summed E-state index contributed by atoms with van der Waals surface area (Å²) in [6.07, 6.45) is 7.38. The zero-order valence-electron chi connectivity index (χ0n) is 18.8. The van der Waals surface area contributed by atoms with E-state index in [0.717, 1.165) is 54.7 Å². The first kappa shape index (κ1) is 23.6. The van der Waals surface area contributed by atoms with E-state index < -0.39 is 11.7 Å². The second-order valence-corrected chi connectivity index (χ2v) is 9.64. The smallest absolute Gasteiger partial charge is 0.206 e. The monoisotopic (exact) mass is 454 g/mol. The van der Waals surface area contributed by atoms with Gasteiger partial charge in [0.2, 0.25) is 0 Å². The highest BCUT2D eigenvalue weighted by Crippen LogP contribution is 2.48. The number of hydrogen-bond donors (Lipinski definition) is 0. The quantitative estimate of drug-likeness (QED) is 0.247. The molecular weight excluding hydrogens is 424 g/mol. The van der Waals surface area contributed by atoms with Crippen LogP contribution in [0.15, 0.2) is 55.1 Å². The maximum atomic E-state index is 14.8. The van der Waals surface area contributed by atoms with Crippen molar-refractivity contribution in [3.05, 3.63) is 83.2 Å². The zero-order valence-corrected chi connectivity index (χ0v) is 18.8. The normalized spacial score (nSPS) is 25.0. The van der Waals surface area contributed by atoms with Crippen molar-refractivity contribution >= 4 is 0 Å². The molecule has 2 fully saturated rings. The fourth-order valence-corrected chi connectivity index (χ4v) is 5.67. The van der Waals surface area contributed by atoms with Crippen molar-refractivity contribution in [2.75, 3.05) is 0 Å². The molecule has 4 heteroatoms. The highest BCUT2D eigenvalue weighted by Gasteiger charge is 2.36. The van der Waals surface area contributed by atoms with Crippen LogP contribution in [0.5, 0.6) is 0 Å². The summed E-state index contributed by atoms with van der Waals surface area (Å²) in [5, 5.41) is 0. The molecule has 4 atom stereocenters. The molecule has 0 aromatic heterocycles. The van der Waals surface area contributed by atoms with Crippen LogP contribution in [0.2, 0.25) is 0 Å². The maximum Gasteiger partial charge on any atom is 0.416 e. The van der Waals surface area contributed by atoms with Gasteiger partial charge in [-0.2, -0.15) is 13.2 Å². The molecule has 2 aliphatic carbocycles. The number of rotatable bonds is 4. The van der Waals surface area contributed by atoms with Crippen molar-refractivity contribution in [3.63, 3.8) is 0 Å². The van der Waals surface area contributed by atoms with Crippen molar-refractivity contribution in [1.82, 2.24) is 0 Å². The summed E-state index contributed by atoms with van der Waals surface area (Å²) >= 11 is 0. The molecule has 2 aromatic carbocycles. The van der Waals surface area contributed by atoms with E-state index in [2.05, 4.69) is 18.4 Å². The van der Waals surface area contributed by atoms with Crippen LogP contribution in [0.4, 0.5) is 17.6 Å². The minimum absolute atomic E-state index is 0.273. The van der Waals surface area contributed by atoms with Crippen LogP contribution in [0.1, 0.15) is 79.5 Å². The van der Waals surface area contributed by atoms with Crippen molar-refractivity contribution in [2.45, 2.75) is 63.5 Å². The molecule has 0 saturated heterocycles. The Labute approximate surface area is 194 Å². The number of alkyl halides is 3. The van der Waals surface area contributed by atoms with E-state index in [1.807, 2.05) is 12.1 Å². The van der Waals surface area contributed by atoms with Crippen LogP contribution < -0.4 is 0 Å². The molecule has 174 valence electrons. The molecule has 0 bridgehead atoms. The van der Waals surface area contributed by atoms with Crippen LogP contribution in [0.25, 0.3) is 0 Å². The minimum atomic E-state index is -4.38. The number of halogens is 4. The molecule has 0 spiro atoms. The molecule has 4 rings (SSSR count). The molecule has 0 radical (unpaired) electrons. The van der Waals surface area contributed by atoms with Gasteiger partial charge in [-0.25, -0.2) is 4.39 Å². The SMILES string of the molecule is C=CCCC1CCC2CC(c3ccc(C#Cc4ccc(C(F)(F)F)cc4)c(F)c3)CCC2C1. The van der Waals surface area contributed by atoms with E-state index in [4.69, 9.17) is 0 Å². The molecule has 0 amide bonds. The maximum absolute atomic E-state index is 14.8. The Balaban J connectivity index is 1.39. The summed E-state index contributed by atoms with van der Waals surface area (Å²) in [4.78, 5) is 0. The van der Waals surface area contributed by atoms with Crippen molar-refractivity contribution in [1.29, 1.82) is 0 Å². The molecule has 2 aliphatic rings. The summed E-state index contributed by atoms with van der Waals surface area (Å²) in [5.74, 6) is 7.96. The lowest BCUT2D eigenvalue weighted by Crippen LogP contribution is -2.30. The van der Waals surface area contributed by atoms with Gasteiger partial charge in [0.25, 0.3) is 0 Å². The highest BCUT2D eigenvalue weighted by molar-refractivity contribution is 5.45. The molecule has 0 N–H and O–H groups in total. The lowest BCUT2D eigenvalue weighted by molar-refractivity contribution is -0.137. The summed E-state index contributed by atoms with van der Waals surface area (Å²) in [5.41, 5.74) is 1.02. The number of fused-ring (bicyclic) bond motifs is 1. The third kappa shape index (κ3) is 5.88. The minimum Gasteiger partial charge on any atom is -0.206 e. The molecular formula is C29H30F4. The molecule has 0 heterocycles. The van der Waals surface area contributed by atoms with Gasteiger partial charge in [0.15, 0.2) is 0 Å². The van der Waals surface area contributed by atoms with Crippen LogP contribution in [-0.4, -0.2) is 0 Å². The Morgan fingerprint density at radius 3 is 2.33 bits per heavy atom. The summed E-state index contributed by atoms with van der Waals surface area (Å²) < 4.78 is 52.8. The van der Waals surface area contributed by atoms with Crippen molar-refractivity contribution in [2.24, 2.45) is 17.8 Å². The van der Waals surface area contributed by atoms with Gasteiger partial charge in [-0.05, 0) is 111 Å². The van der Waals surface area contributed by atoms with Crippen molar-refractivity contribution in [3.8, 4) is 11.8 Å². The average Bonchev–Trinajstić information content (AvgIpc) is 2.81. The Bertz CT molecular complexity index is 1020. The van der Waals surface area contributed by atoms with Crippen LogP contribution in [-0.2, 0) is 6.18 Å². The molecule has 2 saturated carbocycles. The Morgan fingerprint density at radius 1 is 0.909 bits per heavy atom. The Morgan fingerprint density at radius 2 is 1.64 bits per heavy atom. The van der Waals surface area contributed by atoms with E-state index in [1.54, 1.807) is 12.1 Å². The number of benzene rings is 2. The van der Waals surface area contributed by atoms with E-state index >= 15 is 0 Å². The fraction of sp³-hybridized carbons (Fsp3) is 0.448. The predicted molar refractivity (Wildman–Crippen MR) is 124 cm³/mol. The van der Waals surface area contributed by atoms with Crippen molar-refractivity contribution < 1.29 is 17.6 Å². The molecule has 4 unspecified atom stereocenters. The fourth-order valence-electron chi connectivity index (χ4n) is 5.67. The zero-order chi connectivity index (χ0) is 23.4. The Kier molecular flexibility index (Phi) is 7.27. The van der Waals surface area contributed by atoms with Gasteiger partial charge in [0.05, 0.1) is 11.1 Å². The first-order valence-corrected chi connectivity index (χ1v) is 11.9. The largest absolute Gasteiger partial charge is 0.416 e.